The lowest BCUT2D eigenvalue weighted by Crippen LogP contribution is -2.27. The first-order valence-electron chi connectivity index (χ1n) is 6.78. The number of carbonyl (C=O) groups is 2. The summed E-state index contributed by atoms with van der Waals surface area (Å²) in [5.41, 5.74) is 0.0325. The van der Waals surface area contributed by atoms with E-state index in [-0.39, 0.29) is 0 Å². The highest BCUT2D eigenvalue weighted by atomic mass is 16.6. The average molecular weight is 293 g/mol. The monoisotopic (exact) mass is 293 g/mol. The van der Waals surface area contributed by atoms with Crippen LogP contribution in [-0.2, 0) is 4.74 Å². The van der Waals surface area contributed by atoms with Gasteiger partial charge in [-0.25, -0.2) is 4.79 Å². The summed E-state index contributed by atoms with van der Waals surface area (Å²) in [6.45, 7) is 6.35. The Morgan fingerprint density at radius 2 is 1.86 bits per heavy atom. The minimum Gasteiger partial charge on any atom is -0.490 e. The molecule has 0 aliphatic carbocycles. The SMILES string of the molecule is CC(C)(C)OC(=O)Nc1cc2c(cc1C=O)OCCCO2. The van der Waals surface area contributed by atoms with Crippen LogP contribution in [0.5, 0.6) is 11.5 Å². The summed E-state index contributed by atoms with van der Waals surface area (Å²) in [7, 11) is 0. The molecule has 2 rings (SSSR count). The number of aldehydes is 1. The van der Waals surface area contributed by atoms with Crippen molar-refractivity contribution in [2.75, 3.05) is 18.5 Å². The van der Waals surface area contributed by atoms with Crippen molar-refractivity contribution in [1.82, 2.24) is 0 Å². The highest BCUT2D eigenvalue weighted by molar-refractivity contribution is 5.94. The lowest BCUT2D eigenvalue weighted by atomic mass is 10.1. The van der Waals surface area contributed by atoms with Crippen LogP contribution in [0.2, 0.25) is 0 Å². The zero-order valence-corrected chi connectivity index (χ0v) is 12.4. The zero-order chi connectivity index (χ0) is 15.5. The molecule has 0 saturated carbocycles. The van der Waals surface area contributed by atoms with Crippen LogP contribution >= 0.6 is 0 Å². The van der Waals surface area contributed by atoms with Gasteiger partial charge in [-0.2, -0.15) is 0 Å². The molecule has 0 spiro atoms. The van der Waals surface area contributed by atoms with Crippen LogP contribution in [0, 0.1) is 0 Å². The molecule has 1 aromatic rings. The van der Waals surface area contributed by atoms with Gasteiger partial charge in [0.1, 0.15) is 5.60 Å². The van der Waals surface area contributed by atoms with Crippen molar-refractivity contribution >= 4 is 18.1 Å². The van der Waals surface area contributed by atoms with Gasteiger partial charge in [-0.15, -0.1) is 0 Å². The Hall–Kier alpha value is -2.24. The van der Waals surface area contributed by atoms with Crippen LogP contribution in [-0.4, -0.2) is 31.2 Å². The maximum absolute atomic E-state index is 11.8. The van der Waals surface area contributed by atoms with Crippen LogP contribution in [0.3, 0.4) is 0 Å². The Morgan fingerprint density at radius 1 is 1.24 bits per heavy atom. The van der Waals surface area contributed by atoms with Gasteiger partial charge < -0.3 is 14.2 Å². The van der Waals surface area contributed by atoms with E-state index in [4.69, 9.17) is 14.2 Å². The molecule has 1 N–H and O–H groups in total. The lowest BCUT2D eigenvalue weighted by molar-refractivity contribution is 0.0636. The first-order valence-corrected chi connectivity index (χ1v) is 6.78. The topological polar surface area (TPSA) is 73.9 Å². The van der Waals surface area contributed by atoms with Crippen molar-refractivity contribution in [1.29, 1.82) is 0 Å². The molecular weight excluding hydrogens is 274 g/mol. The Morgan fingerprint density at radius 3 is 2.43 bits per heavy atom. The van der Waals surface area contributed by atoms with Gasteiger partial charge in [-0.05, 0) is 26.8 Å². The molecular formula is C15H19NO5. The highest BCUT2D eigenvalue weighted by Gasteiger charge is 2.19. The van der Waals surface area contributed by atoms with Crippen molar-refractivity contribution in [3.63, 3.8) is 0 Å². The van der Waals surface area contributed by atoms with Gasteiger partial charge in [-0.1, -0.05) is 0 Å². The van der Waals surface area contributed by atoms with Crippen molar-refractivity contribution < 1.29 is 23.8 Å². The number of hydrogen-bond donors (Lipinski definition) is 1. The maximum Gasteiger partial charge on any atom is 0.412 e. The first kappa shape index (κ1) is 15.2. The molecule has 6 nitrogen and oxygen atoms in total. The van der Waals surface area contributed by atoms with E-state index >= 15 is 0 Å². The number of carbonyl (C=O) groups excluding carboxylic acids is 2. The maximum atomic E-state index is 11.8. The van der Waals surface area contributed by atoms with E-state index in [0.29, 0.717) is 42.2 Å². The molecule has 0 radical (unpaired) electrons. The fourth-order valence-corrected chi connectivity index (χ4v) is 1.84. The molecule has 0 unspecified atom stereocenters. The van der Waals surface area contributed by atoms with Crippen LogP contribution in [0.4, 0.5) is 10.5 Å². The second kappa shape index (κ2) is 6.03. The van der Waals surface area contributed by atoms with Gasteiger partial charge >= 0.3 is 6.09 Å². The summed E-state index contributed by atoms with van der Waals surface area (Å²) in [6, 6.07) is 3.13. The fraction of sp³-hybridized carbons (Fsp3) is 0.467. The molecule has 0 bridgehead atoms. The van der Waals surface area contributed by atoms with E-state index in [1.54, 1.807) is 32.9 Å². The molecule has 0 saturated heterocycles. The molecule has 1 heterocycles. The second-order valence-electron chi connectivity index (χ2n) is 5.68. The van der Waals surface area contributed by atoms with E-state index < -0.39 is 11.7 Å². The van der Waals surface area contributed by atoms with E-state index in [1.165, 1.54) is 0 Å². The summed E-state index contributed by atoms with van der Waals surface area (Å²) in [6.07, 6.45) is 0.793. The minimum absolute atomic E-state index is 0.310. The van der Waals surface area contributed by atoms with E-state index in [9.17, 15) is 9.59 Å². The average Bonchev–Trinajstić information content (AvgIpc) is 2.60. The zero-order valence-electron chi connectivity index (χ0n) is 12.4. The van der Waals surface area contributed by atoms with Crippen molar-refractivity contribution in [3.8, 4) is 11.5 Å². The fourth-order valence-electron chi connectivity index (χ4n) is 1.84. The van der Waals surface area contributed by atoms with Gasteiger partial charge in [0, 0.05) is 18.1 Å². The van der Waals surface area contributed by atoms with E-state index in [1.807, 2.05) is 0 Å². The molecule has 114 valence electrons. The Balaban J connectivity index is 2.24. The number of rotatable bonds is 2. The van der Waals surface area contributed by atoms with Gasteiger partial charge in [0.25, 0.3) is 0 Å². The second-order valence-corrected chi connectivity index (χ2v) is 5.68. The predicted molar refractivity (Wildman–Crippen MR) is 77.3 cm³/mol. The van der Waals surface area contributed by atoms with E-state index in [0.717, 1.165) is 6.42 Å². The predicted octanol–water partition coefficient (Wildman–Crippen LogP) is 3.01. The third-order valence-corrected chi connectivity index (χ3v) is 2.68. The number of benzene rings is 1. The Labute approximate surface area is 123 Å². The van der Waals surface area contributed by atoms with Crippen molar-refractivity contribution in [2.24, 2.45) is 0 Å². The third kappa shape index (κ3) is 4.11. The molecule has 0 atom stereocenters. The number of amides is 1. The van der Waals surface area contributed by atoms with Crippen LogP contribution in [0.25, 0.3) is 0 Å². The Bertz CT molecular complexity index is 548. The summed E-state index contributed by atoms with van der Waals surface area (Å²) in [4.78, 5) is 23.0. The normalized spacial score (nSPS) is 14.0. The molecule has 1 aliphatic heterocycles. The molecule has 0 aromatic heterocycles. The highest BCUT2D eigenvalue weighted by Crippen LogP contribution is 2.34. The number of nitrogens with one attached hydrogen (secondary N) is 1. The van der Waals surface area contributed by atoms with Crippen molar-refractivity contribution in [2.45, 2.75) is 32.8 Å². The van der Waals surface area contributed by atoms with Crippen LogP contribution in [0.1, 0.15) is 37.6 Å². The standard InChI is InChI=1S/C15H19NO5/c1-15(2,3)21-14(18)16-11-8-13-12(7-10(11)9-17)19-5-4-6-20-13/h7-9H,4-6H2,1-3H3,(H,16,18). The summed E-state index contributed by atoms with van der Waals surface area (Å²) in [5.74, 6) is 1.01. The molecule has 1 aliphatic rings. The van der Waals surface area contributed by atoms with Crippen LogP contribution in [0.15, 0.2) is 12.1 Å². The molecule has 1 aromatic carbocycles. The number of hydrogen-bond acceptors (Lipinski definition) is 5. The van der Waals surface area contributed by atoms with Crippen LogP contribution < -0.4 is 14.8 Å². The van der Waals surface area contributed by atoms with Gasteiger partial charge in [0.15, 0.2) is 17.8 Å². The first-order chi connectivity index (χ1) is 9.89. The van der Waals surface area contributed by atoms with E-state index in [2.05, 4.69) is 5.32 Å². The smallest absolute Gasteiger partial charge is 0.412 e. The number of ether oxygens (including phenoxy) is 3. The quantitative estimate of drug-likeness (QED) is 0.848. The number of fused-ring (bicyclic) bond motifs is 1. The molecule has 6 heteroatoms. The third-order valence-electron chi connectivity index (χ3n) is 2.68. The number of anilines is 1. The molecule has 1 amide bonds. The van der Waals surface area contributed by atoms with Gasteiger partial charge in [0.05, 0.1) is 18.9 Å². The summed E-state index contributed by atoms with van der Waals surface area (Å²) >= 11 is 0. The Kier molecular flexibility index (Phi) is 4.35. The minimum atomic E-state index is -0.625. The summed E-state index contributed by atoms with van der Waals surface area (Å²) in [5, 5.41) is 2.56. The lowest BCUT2D eigenvalue weighted by Gasteiger charge is -2.20. The molecule has 0 fully saturated rings. The largest absolute Gasteiger partial charge is 0.490 e. The van der Waals surface area contributed by atoms with Crippen molar-refractivity contribution in [3.05, 3.63) is 17.7 Å². The molecule has 21 heavy (non-hydrogen) atoms. The van der Waals surface area contributed by atoms with Gasteiger partial charge in [-0.3, -0.25) is 10.1 Å². The van der Waals surface area contributed by atoms with Gasteiger partial charge in [0.2, 0.25) is 0 Å². The summed E-state index contributed by atoms with van der Waals surface area (Å²) < 4.78 is 16.2.